The minimum Gasteiger partial charge on any atom is -0.280 e. The van der Waals surface area contributed by atoms with E-state index in [4.69, 9.17) is 5.10 Å². The molecule has 3 heterocycles. The average Bonchev–Trinajstić information content (AvgIpc) is 3.22. The molecule has 0 aliphatic rings. The van der Waals surface area contributed by atoms with Gasteiger partial charge in [-0.2, -0.15) is 9.61 Å². The molecule has 0 bridgehead atoms. The van der Waals surface area contributed by atoms with Crippen molar-refractivity contribution in [3.05, 3.63) is 90.3 Å². The van der Waals surface area contributed by atoms with Crippen molar-refractivity contribution < 1.29 is 8.42 Å². The molecule has 3 aromatic heterocycles. The molecule has 0 fully saturated rings. The zero-order chi connectivity index (χ0) is 23.0. The second kappa shape index (κ2) is 8.10. The molecule has 0 saturated carbocycles. The van der Waals surface area contributed by atoms with Crippen molar-refractivity contribution in [3.8, 4) is 22.6 Å². The first-order chi connectivity index (χ1) is 15.9. The van der Waals surface area contributed by atoms with Crippen molar-refractivity contribution in [1.29, 1.82) is 0 Å². The maximum absolute atomic E-state index is 12.9. The Morgan fingerprint density at radius 3 is 2.33 bits per heavy atom. The van der Waals surface area contributed by atoms with Crippen molar-refractivity contribution in [2.45, 2.75) is 18.7 Å². The summed E-state index contributed by atoms with van der Waals surface area (Å²) in [7, 11) is -3.73. The lowest BCUT2D eigenvalue weighted by Crippen LogP contribution is -2.13. The summed E-state index contributed by atoms with van der Waals surface area (Å²) < 4.78 is 30.2. The van der Waals surface area contributed by atoms with Crippen LogP contribution in [0.2, 0.25) is 0 Å². The first-order valence-electron chi connectivity index (χ1n) is 10.2. The molecule has 0 atom stereocenters. The topological polar surface area (TPSA) is 102 Å². The molecule has 8 nitrogen and oxygen atoms in total. The number of fused-ring (bicyclic) bond motifs is 1. The molecule has 0 aliphatic heterocycles. The van der Waals surface area contributed by atoms with Gasteiger partial charge in [0.05, 0.1) is 10.6 Å². The average molecular weight is 457 g/mol. The van der Waals surface area contributed by atoms with E-state index in [9.17, 15) is 8.42 Å². The van der Waals surface area contributed by atoms with Gasteiger partial charge in [-0.1, -0.05) is 18.2 Å². The largest absolute Gasteiger partial charge is 0.280 e. The molecule has 0 aliphatic carbocycles. The lowest BCUT2D eigenvalue weighted by molar-refractivity contribution is 0.601. The monoisotopic (exact) mass is 456 g/mol. The van der Waals surface area contributed by atoms with E-state index in [1.807, 2.05) is 50.2 Å². The number of sulfonamides is 1. The highest BCUT2D eigenvalue weighted by Gasteiger charge is 2.16. The number of anilines is 1. The van der Waals surface area contributed by atoms with Crippen LogP contribution in [-0.4, -0.2) is 33.2 Å². The summed E-state index contributed by atoms with van der Waals surface area (Å²) in [6.45, 7) is 3.75. The van der Waals surface area contributed by atoms with Crippen LogP contribution in [-0.2, 0) is 10.0 Å². The van der Waals surface area contributed by atoms with E-state index < -0.39 is 10.0 Å². The standard InChI is InChI=1S/C24H20N6O2S/c1-16-12-17(2)14-21(13-16)33(31,32)29-20-5-3-4-19(15-20)22-6-7-23-26-27-24(30(23)28-22)18-8-10-25-11-9-18/h3-15,29H,1-2H3. The van der Waals surface area contributed by atoms with Crippen LogP contribution >= 0.6 is 0 Å². The van der Waals surface area contributed by atoms with Crippen LogP contribution in [0.3, 0.4) is 0 Å². The molecule has 33 heavy (non-hydrogen) atoms. The van der Waals surface area contributed by atoms with Gasteiger partial charge in [0.1, 0.15) is 0 Å². The number of pyridine rings is 1. The zero-order valence-corrected chi connectivity index (χ0v) is 18.8. The number of rotatable bonds is 5. The molecule has 5 aromatic rings. The fourth-order valence-corrected chi connectivity index (χ4v) is 4.91. The molecule has 5 rings (SSSR count). The molecular weight excluding hydrogens is 436 g/mol. The van der Waals surface area contributed by atoms with Gasteiger partial charge >= 0.3 is 0 Å². The minimum atomic E-state index is -3.73. The van der Waals surface area contributed by atoms with E-state index in [2.05, 4.69) is 19.9 Å². The zero-order valence-electron chi connectivity index (χ0n) is 18.0. The molecule has 9 heteroatoms. The fraction of sp³-hybridized carbons (Fsp3) is 0.0833. The minimum absolute atomic E-state index is 0.233. The maximum Gasteiger partial charge on any atom is 0.261 e. The summed E-state index contributed by atoms with van der Waals surface area (Å²) in [5.41, 5.74) is 5.10. The predicted molar refractivity (Wildman–Crippen MR) is 126 cm³/mol. The molecule has 164 valence electrons. The van der Waals surface area contributed by atoms with Gasteiger partial charge in [-0.3, -0.25) is 9.71 Å². The number of aryl methyl sites for hydroxylation is 2. The third kappa shape index (κ3) is 4.18. The Labute approximate surface area is 191 Å². The molecule has 0 unspecified atom stereocenters. The van der Waals surface area contributed by atoms with E-state index in [-0.39, 0.29) is 4.90 Å². The van der Waals surface area contributed by atoms with Crippen molar-refractivity contribution in [1.82, 2.24) is 24.8 Å². The van der Waals surface area contributed by atoms with Crippen molar-refractivity contribution >= 4 is 21.4 Å². The molecular formula is C24H20N6O2S. The van der Waals surface area contributed by atoms with E-state index in [1.165, 1.54) is 0 Å². The van der Waals surface area contributed by atoms with E-state index >= 15 is 0 Å². The van der Waals surface area contributed by atoms with Gasteiger partial charge in [-0.05, 0) is 73.5 Å². The Hall–Kier alpha value is -4.11. The molecule has 1 N–H and O–H groups in total. The highest BCUT2D eigenvalue weighted by atomic mass is 32.2. The van der Waals surface area contributed by atoms with Crippen molar-refractivity contribution in [2.75, 3.05) is 4.72 Å². The second-order valence-electron chi connectivity index (χ2n) is 7.76. The first kappa shape index (κ1) is 20.8. The molecule has 0 saturated heterocycles. The lowest BCUT2D eigenvalue weighted by Gasteiger charge is -2.11. The van der Waals surface area contributed by atoms with Gasteiger partial charge < -0.3 is 0 Å². The first-order valence-corrected chi connectivity index (χ1v) is 11.7. The Balaban J connectivity index is 1.50. The van der Waals surface area contributed by atoms with Crippen molar-refractivity contribution in [2.24, 2.45) is 0 Å². The van der Waals surface area contributed by atoms with E-state index in [0.29, 0.717) is 22.9 Å². The van der Waals surface area contributed by atoms with Gasteiger partial charge in [0.15, 0.2) is 11.5 Å². The molecule has 0 radical (unpaired) electrons. The van der Waals surface area contributed by atoms with Gasteiger partial charge in [-0.25, -0.2) is 8.42 Å². The number of hydrogen-bond acceptors (Lipinski definition) is 6. The Morgan fingerprint density at radius 1 is 0.818 bits per heavy atom. The maximum atomic E-state index is 12.9. The third-order valence-electron chi connectivity index (χ3n) is 5.12. The summed E-state index contributed by atoms with van der Waals surface area (Å²) in [4.78, 5) is 4.27. The number of nitrogens with one attached hydrogen (secondary N) is 1. The lowest BCUT2D eigenvalue weighted by atomic mass is 10.1. The van der Waals surface area contributed by atoms with Crippen LogP contribution in [0.5, 0.6) is 0 Å². The van der Waals surface area contributed by atoms with Gasteiger partial charge in [-0.15, -0.1) is 10.2 Å². The van der Waals surface area contributed by atoms with Gasteiger partial charge in [0.2, 0.25) is 0 Å². The van der Waals surface area contributed by atoms with E-state index in [1.54, 1.807) is 47.2 Å². The fourth-order valence-electron chi connectivity index (χ4n) is 3.67. The second-order valence-corrected chi connectivity index (χ2v) is 9.44. The molecule has 2 aromatic carbocycles. The van der Waals surface area contributed by atoms with Crippen LogP contribution in [0.15, 0.2) is 84.0 Å². The van der Waals surface area contributed by atoms with Crippen LogP contribution in [0.1, 0.15) is 11.1 Å². The number of nitrogens with zero attached hydrogens (tertiary/aromatic N) is 5. The quantitative estimate of drug-likeness (QED) is 0.424. The summed E-state index contributed by atoms with van der Waals surface area (Å²) in [6, 6.07) is 19.7. The van der Waals surface area contributed by atoms with E-state index in [0.717, 1.165) is 22.3 Å². The number of hydrogen-bond donors (Lipinski definition) is 1. The number of benzene rings is 2. The summed E-state index contributed by atoms with van der Waals surface area (Å²) in [5.74, 6) is 0.598. The van der Waals surface area contributed by atoms with Crippen molar-refractivity contribution in [3.63, 3.8) is 0 Å². The summed E-state index contributed by atoms with van der Waals surface area (Å²) >= 11 is 0. The van der Waals surface area contributed by atoms with Crippen LogP contribution < -0.4 is 4.72 Å². The highest BCUT2D eigenvalue weighted by Crippen LogP contribution is 2.25. The normalized spacial score (nSPS) is 11.6. The Kier molecular flexibility index (Phi) is 5.10. The molecule has 0 amide bonds. The number of aromatic nitrogens is 5. The smallest absolute Gasteiger partial charge is 0.261 e. The Bertz CT molecular complexity index is 1560. The van der Waals surface area contributed by atoms with Gasteiger partial charge in [0, 0.05) is 29.2 Å². The van der Waals surface area contributed by atoms with Crippen LogP contribution in [0.25, 0.3) is 28.3 Å². The summed E-state index contributed by atoms with van der Waals surface area (Å²) in [6.07, 6.45) is 3.37. The van der Waals surface area contributed by atoms with Gasteiger partial charge in [0.25, 0.3) is 10.0 Å². The van der Waals surface area contributed by atoms with Crippen LogP contribution in [0.4, 0.5) is 5.69 Å². The summed E-state index contributed by atoms with van der Waals surface area (Å²) in [5, 5.41) is 13.1. The van der Waals surface area contributed by atoms with Crippen LogP contribution in [0, 0.1) is 13.8 Å². The SMILES string of the molecule is Cc1cc(C)cc(S(=O)(=O)Nc2cccc(-c3ccc4nnc(-c5ccncc5)n4n3)c2)c1. The highest BCUT2D eigenvalue weighted by molar-refractivity contribution is 7.92. The molecule has 0 spiro atoms. The third-order valence-corrected chi connectivity index (χ3v) is 6.48. The Morgan fingerprint density at radius 2 is 1.58 bits per heavy atom. The predicted octanol–water partition coefficient (Wildman–Crippen LogP) is 4.27.